The molecular weight excluding hydrogens is 242 g/mol. The van der Waals surface area contributed by atoms with Gasteiger partial charge in [-0.05, 0) is 37.9 Å². The van der Waals surface area contributed by atoms with Crippen molar-refractivity contribution in [1.82, 2.24) is 5.32 Å². The molecule has 0 radical (unpaired) electrons. The van der Waals surface area contributed by atoms with Crippen LogP contribution in [0.15, 0.2) is 18.2 Å². The van der Waals surface area contributed by atoms with Gasteiger partial charge in [-0.15, -0.1) is 0 Å². The first-order valence-corrected chi connectivity index (χ1v) is 6.85. The zero-order valence-corrected chi connectivity index (χ0v) is 11.7. The van der Waals surface area contributed by atoms with Gasteiger partial charge in [-0.2, -0.15) is 0 Å². The van der Waals surface area contributed by atoms with Crippen LogP contribution < -0.4 is 14.8 Å². The number of ether oxygens (including phenoxy) is 2. The van der Waals surface area contributed by atoms with Crippen molar-refractivity contribution in [2.45, 2.75) is 25.4 Å². The molecular formula is C15H23NO3. The van der Waals surface area contributed by atoms with Crippen molar-refractivity contribution in [2.75, 3.05) is 27.3 Å². The Labute approximate surface area is 114 Å². The molecule has 2 N–H and O–H groups in total. The second-order valence-corrected chi connectivity index (χ2v) is 5.01. The molecule has 1 atom stereocenters. The molecule has 0 aromatic heterocycles. The van der Waals surface area contributed by atoms with E-state index in [-0.39, 0.29) is 6.10 Å². The van der Waals surface area contributed by atoms with E-state index in [1.165, 1.54) is 0 Å². The van der Waals surface area contributed by atoms with Crippen LogP contribution in [-0.4, -0.2) is 38.5 Å². The third-order valence-corrected chi connectivity index (χ3v) is 3.84. The maximum absolute atomic E-state index is 10.4. The van der Waals surface area contributed by atoms with Gasteiger partial charge in [0.1, 0.15) is 0 Å². The number of hydrogen-bond donors (Lipinski definition) is 2. The van der Waals surface area contributed by atoms with Crippen LogP contribution in [0.5, 0.6) is 11.5 Å². The highest BCUT2D eigenvalue weighted by molar-refractivity contribution is 5.46. The molecule has 106 valence electrons. The summed E-state index contributed by atoms with van der Waals surface area (Å²) >= 11 is 0. The largest absolute Gasteiger partial charge is 0.493 e. The fraction of sp³-hybridized carbons (Fsp3) is 0.600. The van der Waals surface area contributed by atoms with Crippen LogP contribution in [0.4, 0.5) is 0 Å². The molecule has 4 heteroatoms. The number of piperidine rings is 1. The first-order chi connectivity index (χ1) is 9.26. The second-order valence-electron chi connectivity index (χ2n) is 5.01. The van der Waals surface area contributed by atoms with Crippen molar-refractivity contribution in [1.29, 1.82) is 0 Å². The summed E-state index contributed by atoms with van der Waals surface area (Å²) in [7, 11) is 3.27. The summed E-state index contributed by atoms with van der Waals surface area (Å²) in [5.74, 6) is 1.83. The van der Waals surface area contributed by atoms with Crippen LogP contribution in [0.2, 0.25) is 0 Å². The van der Waals surface area contributed by atoms with Gasteiger partial charge in [-0.25, -0.2) is 0 Å². The SMILES string of the molecule is COc1cccc(CC(O)C2CCNCC2)c1OC. The molecule has 1 aliphatic rings. The normalized spacial score (nSPS) is 18.1. The maximum atomic E-state index is 10.4. The Kier molecular flexibility index (Phi) is 5.05. The Balaban J connectivity index is 2.09. The molecule has 0 amide bonds. The summed E-state index contributed by atoms with van der Waals surface area (Å²) in [5.41, 5.74) is 1.01. The molecule has 1 saturated heterocycles. The number of para-hydroxylation sites is 1. The van der Waals surface area contributed by atoms with Crippen LogP contribution in [0.3, 0.4) is 0 Å². The molecule has 1 aromatic carbocycles. The van der Waals surface area contributed by atoms with Gasteiger partial charge in [0.15, 0.2) is 11.5 Å². The molecule has 1 aromatic rings. The van der Waals surface area contributed by atoms with Crippen molar-refractivity contribution in [2.24, 2.45) is 5.92 Å². The molecule has 1 aliphatic heterocycles. The Morgan fingerprint density at radius 3 is 2.63 bits per heavy atom. The van der Waals surface area contributed by atoms with Crippen molar-refractivity contribution in [3.63, 3.8) is 0 Å². The molecule has 0 aliphatic carbocycles. The molecule has 0 bridgehead atoms. The van der Waals surface area contributed by atoms with Crippen molar-refractivity contribution < 1.29 is 14.6 Å². The van der Waals surface area contributed by atoms with E-state index in [1.54, 1.807) is 14.2 Å². The van der Waals surface area contributed by atoms with Crippen LogP contribution in [0, 0.1) is 5.92 Å². The van der Waals surface area contributed by atoms with E-state index in [0.29, 0.717) is 12.3 Å². The zero-order valence-electron chi connectivity index (χ0n) is 11.7. The minimum atomic E-state index is -0.317. The number of aliphatic hydroxyl groups excluding tert-OH is 1. The van der Waals surface area contributed by atoms with Gasteiger partial charge in [0.05, 0.1) is 20.3 Å². The third kappa shape index (κ3) is 3.39. The van der Waals surface area contributed by atoms with Gasteiger partial charge in [-0.3, -0.25) is 0 Å². The van der Waals surface area contributed by atoms with E-state index in [2.05, 4.69) is 5.32 Å². The molecule has 1 heterocycles. The lowest BCUT2D eigenvalue weighted by Crippen LogP contribution is -2.35. The third-order valence-electron chi connectivity index (χ3n) is 3.84. The standard InChI is InChI=1S/C15H23NO3/c1-18-14-5-3-4-12(15(14)19-2)10-13(17)11-6-8-16-9-7-11/h3-5,11,13,16-17H,6-10H2,1-2H3. The molecule has 4 nitrogen and oxygen atoms in total. The quantitative estimate of drug-likeness (QED) is 0.849. The van der Waals surface area contributed by atoms with E-state index in [9.17, 15) is 5.11 Å². The van der Waals surface area contributed by atoms with Gasteiger partial charge in [-0.1, -0.05) is 12.1 Å². The molecule has 1 fully saturated rings. The number of aliphatic hydroxyl groups is 1. The molecule has 19 heavy (non-hydrogen) atoms. The molecule has 0 saturated carbocycles. The topological polar surface area (TPSA) is 50.7 Å². The number of methoxy groups -OCH3 is 2. The average molecular weight is 265 g/mol. The highest BCUT2D eigenvalue weighted by atomic mass is 16.5. The highest BCUT2D eigenvalue weighted by Gasteiger charge is 2.23. The van der Waals surface area contributed by atoms with E-state index >= 15 is 0 Å². The lowest BCUT2D eigenvalue weighted by atomic mass is 9.88. The second kappa shape index (κ2) is 6.78. The number of rotatable bonds is 5. The van der Waals surface area contributed by atoms with E-state index in [0.717, 1.165) is 43.0 Å². The predicted molar refractivity (Wildman–Crippen MR) is 74.9 cm³/mol. The van der Waals surface area contributed by atoms with Crippen LogP contribution in [0.1, 0.15) is 18.4 Å². The highest BCUT2D eigenvalue weighted by Crippen LogP contribution is 2.32. The van der Waals surface area contributed by atoms with Crippen molar-refractivity contribution in [3.8, 4) is 11.5 Å². The first-order valence-electron chi connectivity index (χ1n) is 6.85. The number of hydrogen-bond acceptors (Lipinski definition) is 4. The Morgan fingerprint density at radius 2 is 2.00 bits per heavy atom. The first kappa shape index (κ1) is 14.2. The molecule has 0 spiro atoms. The van der Waals surface area contributed by atoms with Gasteiger partial charge in [0.25, 0.3) is 0 Å². The van der Waals surface area contributed by atoms with Gasteiger partial charge < -0.3 is 19.9 Å². The summed E-state index contributed by atoms with van der Waals surface area (Å²) < 4.78 is 10.7. The lowest BCUT2D eigenvalue weighted by molar-refractivity contribution is 0.0884. The van der Waals surface area contributed by atoms with Gasteiger partial charge in [0.2, 0.25) is 0 Å². The predicted octanol–water partition coefficient (Wildman–Crippen LogP) is 1.61. The van der Waals surface area contributed by atoms with E-state index < -0.39 is 0 Å². The summed E-state index contributed by atoms with van der Waals surface area (Å²) in [4.78, 5) is 0. The average Bonchev–Trinajstić information content (AvgIpc) is 2.47. The monoisotopic (exact) mass is 265 g/mol. The van der Waals surface area contributed by atoms with E-state index in [4.69, 9.17) is 9.47 Å². The minimum Gasteiger partial charge on any atom is -0.493 e. The summed E-state index contributed by atoms with van der Waals surface area (Å²) in [5, 5.41) is 13.7. The zero-order chi connectivity index (χ0) is 13.7. The molecule has 2 rings (SSSR count). The van der Waals surface area contributed by atoms with Crippen LogP contribution >= 0.6 is 0 Å². The number of nitrogens with one attached hydrogen (secondary N) is 1. The summed E-state index contributed by atoms with van der Waals surface area (Å²) in [6.07, 6.45) is 2.37. The maximum Gasteiger partial charge on any atom is 0.163 e. The number of benzene rings is 1. The van der Waals surface area contributed by atoms with Gasteiger partial charge >= 0.3 is 0 Å². The van der Waals surface area contributed by atoms with Crippen LogP contribution in [-0.2, 0) is 6.42 Å². The Morgan fingerprint density at radius 1 is 1.26 bits per heavy atom. The van der Waals surface area contributed by atoms with Crippen LogP contribution in [0.25, 0.3) is 0 Å². The van der Waals surface area contributed by atoms with Crippen molar-refractivity contribution in [3.05, 3.63) is 23.8 Å². The van der Waals surface area contributed by atoms with Gasteiger partial charge in [0, 0.05) is 12.0 Å². The summed E-state index contributed by atoms with van der Waals surface area (Å²) in [6, 6.07) is 5.80. The smallest absolute Gasteiger partial charge is 0.163 e. The fourth-order valence-electron chi connectivity index (χ4n) is 2.74. The summed E-state index contributed by atoms with van der Waals surface area (Å²) in [6.45, 7) is 1.99. The Hall–Kier alpha value is -1.26. The van der Waals surface area contributed by atoms with Crippen molar-refractivity contribution >= 4 is 0 Å². The molecule has 1 unspecified atom stereocenters. The fourth-order valence-corrected chi connectivity index (χ4v) is 2.74. The minimum absolute atomic E-state index is 0.317. The Bertz CT molecular complexity index is 402. The lowest BCUT2D eigenvalue weighted by Gasteiger charge is -2.27. The van der Waals surface area contributed by atoms with E-state index in [1.807, 2.05) is 18.2 Å².